The van der Waals surface area contributed by atoms with Gasteiger partial charge in [-0.05, 0) is 81.4 Å². The van der Waals surface area contributed by atoms with E-state index in [1.807, 2.05) is 13.2 Å². The molecule has 0 amide bonds. The second kappa shape index (κ2) is 6.77. The molecule has 0 saturated carbocycles. The van der Waals surface area contributed by atoms with Gasteiger partial charge in [-0.2, -0.15) is 5.10 Å². The Bertz CT molecular complexity index is 1090. The number of hydrogen-bond donors (Lipinski definition) is 3. The van der Waals surface area contributed by atoms with Crippen molar-refractivity contribution in [3.8, 4) is 11.4 Å². The maximum Gasteiger partial charge on any atom is 0.0847 e. The van der Waals surface area contributed by atoms with Crippen molar-refractivity contribution in [3.63, 3.8) is 0 Å². The van der Waals surface area contributed by atoms with E-state index in [4.69, 9.17) is 0 Å². The van der Waals surface area contributed by atoms with Crippen LogP contribution in [0.4, 0.5) is 5.69 Å². The third-order valence-corrected chi connectivity index (χ3v) is 7.27. The summed E-state index contributed by atoms with van der Waals surface area (Å²) in [5.41, 5.74) is 10.4. The molecule has 1 aliphatic carbocycles. The van der Waals surface area contributed by atoms with Crippen LogP contribution >= 0.6 is 0 Å². The highest BCUT2D eigenvalue weighted by atomic mass is 15.2. The normalized spacial score (nSPS) is 20.7. The molecule has 1 unspecified atom stereocenters. The van der Waals surface area contributed by atoms with Crippen LogP contribution in [0.2, 0.25) is 0 Å². The van der Waals surface area contributed by atoms with Crippen molar-refractivity contribution in [3.05, 3.63) is 47.3 Å². The first-order valence-corrected chi connectivity index (χ1v) is 11.0. The van der Waals surface area contributed by atoms with Crippen molar-refractivity contribution >= 4 is 16.6 Å². The number of rotatable bonds is 5. The number of benzene rings is 1. The number of hydrogen-bond acceptors (Lipinski definition) is 3. The highest BCUT2D eigenvalue weighted by molar-refractivity contribution is 5.96. The predicted octanol–water partition coefficient (Wildman–Crippen LogP) is 4.66. The van der Waals surface area contributed by atoms with E-state index in [2.05, 4.69) is 58.0 Å². The van der Waals surface area contributed by atoms with E-state index in [1.165, 1.54) is 50.4 Å². The van der Waals surface area contributed by atoms with Gasteiger partial charge in [0.25, 0.3) is 0 Å². The summed E-state index contributed by atoms with van der Waals surface area (Å²) < 4.78 is 0. The minimum Gasteiger partial charge on any atom is -0.353 e. The molecular formula is C24H31N5. The fourth-order valence-electron chi connectivity index (χ4n) is 5.65. The van der Waals surface area contributed by atoms with Crippen LogP contribution in [-0.2, 0) is 18.3 Å². The SMILES string of the molecule is C=C1N(CC)c2cc3c4c([nH]c3cc2C1(CC)CCNC)-c1[nH]ncc1CCC4. The zero-order valence-corrected chi connectivity index (χ0v) is 17.8. The molecule has 3 heterocycles. The average Bonchev–Trinajstić information content (AvgIpc) is 3.36. The number of aryl methyl sites for hydroxylation is 2. The summed E-state index contributed by atoms with van der Waals surface area (Å²) in [5.74, 6) is 0. The fourth-order valence-corrected chi connectivity index (χ4v) is 5.65. The van der Waals surface area contributed by atoms with Crippen LogP contribution in [0.5, 0.6) is 0 Å². The summed E-state index contributed by atoms with van der Waals surface area (Å²) in [7, 11) is 2.03. The first kappa shape index (κ1) is 18.5. The van der Waals surface area contributed by atoms with E-state index < -0.39 is 0 Å². The van der Waals surface area contributed by atoms with Crippen molar-refractivity contribution in [2.45, 2.75) is 51.4 Å². The van der Waals surface area contributed by atoms with Gasteiger partial charge >= 0.3 is 0 Å². The molecule has 5 heteroatoms. The second-order valence-corrected chi connectivity index (χ2v) is 8.50. The number of aromatic amines is 2. The molecule has 2 aliphatic rings. The van der Waals surface area contributed by atoms with Crippen molar-refractivity contribution in [2.24, 2.45) is 0 Å². The number of aromatic nitrogens is 3. The van der Waals surface area contributed by atoms with Gasteiger partial charge in [0, 0.05) is 34.2 Å². The number of H-pyrrole nitrogens is 2. The van der Waals surface area contributed by atoms with Crippen LogP contribution in [0.1, 0.15) is 49.8 Å². The second-order valence-electron chi connectivity index (χ2n) is 8.50. The third kappa shape index (κ3) is 2.46. The predicted molar refractivity (Wildman–Crippen MR) is 121 cm³/mol. The Balaban J connectivity index is 1.75. The van der Waals surface area contributed by atoms with Crippen LogP contribution in [0, 0.1) is 0 Å². The molecule has 0 spiro atoms. The fraction of sp³-hybridized carbons (Fsp3) is 0.458. The molecule has 152 valence electrons. The smallest absolute Gasteiger partial charge is 0.0847 e. The lowest BCUT2D eigenvalue weighted by molar-refractivity contribution is 0.447. The van der Waals surface area contributed by atoms with Gasteiger partial charge in [0.1, 0.15) is 0 Å². The van der Waals surface area contributed by atoms with Gasteiger partial charge < -0.3 is 15.2 Å². The van der Waals surface area contributed by atoms with Gasteiger partial charge in [-0.25, -0.2) is 0 Å². The highest BCUT2D eigenvalue weighted by Crippen LogP contribution is 2.53. The molecule has 0 bridgehead atoms. The molecule has 1 aromatic carbocycles. The van der Waals surface area contributed by atoms with Gasteiger partial charge in [-0.3, -0.25) is 5.10 Å². The molecule has 1 aliphatic heterocycles. The summed E-state index contributed by atoms with van der Waals surface area (Å²) >= 11 is 0. The Morgan fingerprint density at radius 2 is 2.10 bits per heavy atom. The van der Waals surface area contributed by atoms with Gasteiger partial charge in [-0.15, -0.1) is 0 Å². The largest absolute Gasteiger partial charge is 0.353 e. The first-order chi connectivity index (χ1) is 14.1. The van der Waals surface area contributed by atoms with Gasteiger partial charge in [-0.1, -0.05) is 13.5 Å². The summed E-state index contributed by atoms with van der Waals surface area (Å²) in [6.07, 6.45) is 7.46. The molecule has 5 rings (SSSR count). The Morgan fingerprint density at radius 1 is 1.24 bits per heavy atom. The monoisotopic (exact) mass is 389 g/mol. The van der Waals surface area contributed by atoms with Gasteiger partial charge in [0.2, 0.25) is 0 Å². The standard InChI is InChI=1S/C24H31N5/c1-5-24(10-11-25-4)15(3)29(6-2)21-12-18-17-9-7-8-16-14-26-28-22(16)23(17)27-20(18)13-19(21)24/h12-14,25,27H,3,5-11H2,1-2,4H3,(H,26,28). The van der Waals surface area contributed by atoms with Crippen LogP contribution in [-0.4, -0.2) is 35.3 Å². The zero-order chi connectivity index (χ0) is 20.2. The summed E-state index contributed by atoms with van der Waals surface area (Å²) in [4.78, 5) is 6.19. The van der Waals surface area contributed by atoms with E-state index in [-0.39, 0.29) is 5.41 Å². The number of anilines is 1. The van der Waals surface area contributed by atoms with Crippen LogP contribution in [0.15, 0.2) is 30.6 Å². The topological polar surface area (TPSA) is 59.7 Å². The highest BCUT2D eigenvalue weighted by Gasteiger charge is 2.44. The molecule has 0 fully saturated rings. The summed E-state index contributed by atoms with van der Waals surface area (Å²) in [5, 5.41) is 12.3. The lowest BCUT2D eigenvalue weighted by atomic mass is 9.74. The average molecular weight is 390 g/mol. The minimum absolute atomic E-state index is 0.00416. The van der Waals surface area contributed by atoms with E-state index in [0.717, 1.165) is 45.2 Å². The summed E-state index contributed by atoms with van der Waals surface area (Å²) in [6, 6.07) is 4.84. The molecule has 29 heavy (non-hydrogen) atoms. The quantitative estimate of drug-likeness (QED) is 0.595. The van der Waals surface area contributed by atoms with Gasteiger partial charge in [0.05, 0.1) is 17.6 Å². The van der Waals surface area contributed by atoms with Crippen LogP contribution < -0.4 is 10.2 Å². The number of nitrogens with zero attached hydrogens (tertiary/aromatic N) is 2. The molecule has 3 aromatic rings. The molecule has 2 aromatic heterocycles. The number of fused-ring (bicyclic) bond motifs is 6. The molecule has 5 nitrogen and oxygen atoms in total. The van der Waals surface area contributed by atoms with Crippen molar-refractivity contribution in [1.29, 1.82) is 0 Å². The maximum absolute atomic E-state index is 4.57. The van der Waals surface area contributed by atoms with E-state index in [1.54, 1.807) is 0 Å². The van der Waals surface area contributed by atoms with E-state index in [0.29, 0.717) is 0 Å². The van der Waals surface area contributed by atoms with Crippen LogP contribution in [0.25, 0.3) is 22.3 Å². The Morgan fingerprint density at radius 3 is 2.86 bits per heavy atom. The lowest BCUT2D eigenvalue weighted by Crippen LogP contribution is -2.32. The lowest BCUT2D eigenvalue weighted by Gasteiger charge is -2.32. The van der Waals surface area contributed by atoms with E-state index >= 15 is 0 Å². The molecule has 0 radical (unpaired) electrons. The van der Waals surface area contributed by atoms with Crippen LogP contribution in [0.3, 0.4) is 0 Å². The number of nitrogens with one attached hydrogen (secondary N) is 3. The third-order valence-electron chi connectivity index (χ3n) is 7.27. The van der Waals surface area contributed by atoms with Gasteiger partial charge in [0.15, 0.2) is 0 Å². The van der Waals surface area contributed by atoms with Crippen molar-refractivity contribution in [1.82, 2.24) is 20.5 Å². The molecule has 1 atom stereocenters. The number of allylic oxidation sites excluding steroid dienone is 1. The Hall–Kier alpha value is -2.53. The number of likely N-dealkylation sites (N-methyl/N-ethyl adjacent to an activating group) is 1. The van der Waals surface area contributed by atoms with Crippen molar-refractivity contribution in [2.75, 3.05) is 25.0 Å². The minimum atomic E-state index is 0.00416. The molecule has 0 saturated heterocycles. The Labute approximate surface area is 172 Å². The Kier molecular flexibility index (Phi) is 4.32. The first-order valence-electron chi connectivity index (χ1n) is 11.0. The van der Waals surface area contributed by atoms with Crippen molar-refractivity contribution < 1.29 is 0 Å². The van der Waals surface area contributed by atoms with E-state index in [9.17, 15) is 0 Å². The molecular weight excluding hydrogens is 358 g/mol. The zero-order valence-electron chi connectivity index (χ0n) is 17.8. The molecule has 3 N–H and O–H groups in total. The maximum atomic E-state index is 4.57. The summed E-state index contributed by atoms with van der Waals surface area (Å²) in [6.45, 7) is 11.0.